The van der Waals surface area contributed by atoms with E-state index in [1.807, 2.05) is 30.3 Å². The highest BCUT2D eigenvalue weighted by Crippen LogP contribution is 2.34. The average molecular weight is 463 g/mol. The molecule has 0 aliphatic carbocycles. The maximum atomic E-state index is 13.1. The highest BCUT2D eigenvalue weighted by atomic mass is 79.9. The van der Waals surface area contributed by atoms with Crippen molar-refractivity contribution in [2.45, 2.75) is 0 Å². The molecular formula is C19H13Br2NO3. The molecule has 0 atom stereocenters. The largest absolute Gasteiger partial charge is 0.464 e. The molecule has 3 rings (SSSR count). The van der Waals surface area contributed by atoms with Crippen LogP contribution in [-0.4, -0.2) is 23.8 Å². The molecule has 0 bridgehead atoms. The van der Waals surface area contributed by atoms with Crippen molar-refractivity contribution in [2.75, 3.05) is 7.11 Å². The highest BCUT2D eigenvalue weighted by molar-refractivity contribution is 9.10. The quantitative estimate of drug-likeness (QED) is 0.426. The molecular weight excluding hydrogens is 450 g/mol. The average Bonchev–Trinajstić information content (AvgIpc) is 3.05. The van der Waals surface area contributed by atoms with Crippen LogP contribution < -0.4 is 0 Å². The second kappa shape index (κ2) is 7.37. The van der Waals surface area contributed by atoms with Gasteiger partial charge in [0.15, 0.2) is 5.78 Å². The van der Waals surface area contributed by atoms with Crippen LogP contribution in [-0.2, 0) is 4.74 Å². The molecule has 126 valence electrons. The van der Waals surface area contributed by atoms with E-state index >= 15 is 0 Å². The van der Waals surface area contributed by atoms with Crippen molar-refractivity contribution >= 4 is 43.6 Å². The van der Waals surface area contributed by atoms with Crippen molar-refractivity contribution in [1.29, 1.82) is 0 Å². The van der Waals surface area contributed by atoms with E-state index in [0.717, 1.165) is 14.5 Å². The Morgan fingerprint density at radius 2 is 1.76 bits per heavy atom. The fraction of sp³-hybridized carbons (Fsp3) is 0.0526. The molecule has 0 fully saturated rings. The molecule has 0 aliphatic heterocycles. The van der Waals surface area contributed by atoms with Gasteiger partial charge in [0.1, 0.15) is 5.69 Å². The fourth-order valence-electron chi connectivity index (χ4n) is 2.59. The Morgan fingerprint density at radius 1 is 1.00 bits per heavy atom. The van der Waals surface area contributed by atoms with Crippen LogP contribution in [0.15, 0.2) is 63.7 Å². The first-order valence-electron chi connectivity index (χ1n) is 7.37. The number of rotatable bonds is 4. The first-order chi connectivity index (χ1) is 12.0. The number of aromatic nitrogens is 1. The van der Waals surface area contributed by atoms with Crippen molar-refractivity contribution in [2.24, 2.45) is 0 Å². The number of carbonyl (C=O) groups excluding carboxylic acids is 2. The summed E-state index contributed by atoms with van der Waals surface area (Å²) in [6.07, 6.45) is 1.65. The van der Waals surface area contributed by atoms with Crippen LogP contribution >= 0.6 is 31.9 Å². The van der Waals surface area contributed by atoms with Crippen LogP contribution in [0.25, 0.3) is 11.1 Å². The maximum absolute atomic E-state index is 13.1. The zero-order valence-corrected chi connectivity index (χ0v) is 16.3. The number of nitrogens with one attached hydrogen (secondary N) is 1. The van der Waals surface area contributed by atoms with Gasteiger partial charge in [0, 0.05) is 26.3 Å². The van der Waals surface area contributed by atoms with E-state index in [2.05, 4.69) is 36.8 Å². The molecule has 1 heterocycles. The molecule has 6 heteroatoms. The molecule has 1 N–H and O–H groups in total. The van der Waals surface area contributed by atoms with Crippen LogP contribution in [0, 0.1) is 0 Å². The number of halogens is 2. The molecule has 0 aliphatic rings. The van der Waals surface area contributed by atoms with Crippen molar-refractivity contribution in [3.8, 4) is 11.1 Å². The summed E-state index contributed by atoms with van der Waals surface area (Å²) in [7, 11) is 1.29. The summed E-state index contributed by atoms with van der Waals surface area (Å²) in [5.41, 5.74) is 2.35. The Labute approximate surface area is 161 Å². The Morgan fingerprint density at radius 3 is 2.44 bits per heavy atom. The van der Waals surface area contributed by atoms with Gasteiger partial charge in [0.25, 0.3) is 0 Å². The molecule has 0 radical (unpaired) electrons. The number of ketones is 1. The summed E-state index contributed by atoms with van der Waals surface area (Å²) < 4.78 is 6.44. The minimum Gasteiger partial charge on any atom is -0.464 e. The summed E-state index contributed by atoms with van der Waals surface area (Å²) >= 11 is 6.87. The highest BCUT2D eigenvalue weighted by Gasteiger charge is 2.26. The van der Waals surface area contributed by atoms with Crippen LogP contribution in [0.5, 0.6) is 0 Å². The first-order valence-corrected chi connectivity index (χ1v) is 8.96. The summed E-state index contributed by atoms with van der Waals surface area (Å²) in [4.78, 5) is 28.2. The van der Waals surface area contributed by atoms with Crippen LogP contribution in [0.3, 0.4) is 0 Å². The number of benzene rings is 2. The van der Waals surface area contributed by atoms with Crippen LogP contribution in [0.2, 0.25) is 0 Å². The van der Waals surface area contributed by atoms with E-state index in [1.165, 1.54) is 7.11 Å². The van der Waals surface area contributed by atoms with E-state index in [0.29, 0.717) is 11.1 Å². The predicted octanol–water partition coefficient (Wildman–Crippen LogP) is 5.22. The van der Waals surface area contributed by atoms with Crippen LogP contribution in [0.1, 0.15) is 26.4 Å². The monoisotopic (exact) mass is 461 g/mol. The van der Waals surface area contributed by atoms with Gasteiger partial charge in [-0.1, -0.05) is 62.2 Å². The number of hydrogen-bond donors (Lipinski definition) is 1. The number of hydrogen-bond acceptors (Lipinski definition) is 3. The third-order valence-electron chi connectivity index (χ3n) is 3.75. The van der Waals surface area contributed by atoms with Gasteiger partial charge in [-0.3, -0.25) is 4.79 Å². The zero-order chi connectivity index (χ0) is 18.0. The number of ether oxygens (including phenoxy) is 1. The molecule has 0 spiro atoms. The predicted molar refractivity (Wildman–Crippen MR) is 103 cm³/mol. The fourth-order valence-corrected chi connectivity index (χ4v) is 3.49. The van der Waals surface area contributed by atoms with Gasteiger partial charge in [-0.05, 0) is 23.8 Å². The van der Waals surface area contributed by atoms with Gasteiger partial charge >= 0.3 is 5.97 Å². The topological polar surface area (TPSA) is 59.2 Å². The zero-order valence-electron chi connectivity index (χ0n) is 13.2. The molecule has 0 unspecified atom stereocenters. The number of esters is 1. The van der Waals surface area contributed by atoms with Gasteiger partial charge in [-0.15, -0.1) is 0 Å². The van der Waals surface area contributed by atoms with E-state index in [-0.39, 0.29) is 17.0 Å². The van der Waals surface area contributed by atoms with E-state index in [4.69, 9.17) is 4.74 Å². The Bertz CT molecular complexity index is 963. The second-order valence-electron chi connectivity index (χ2n) is 5.26. The lowest BCUT2D eigenvalue weighted by Crippen LogP contribution is -2.11. The van der Waals surface area contributed by atoms with E-state index in [1.54, 1.807) is 24.4 Å². The lowest BCUT2D eigenvalue weighted by atomic mass is 9.96. The van der Waals surface area contributed by atoms with Gasteiger partial charge in [-0.25, -0.2) is 4.79 Å². The van der Waals surface area contributed by atoms with Gasteiger partial charge in [-0.2, -0.15) is 0 Å². The SMILES string of the molecule is COC(=O)c1[nH]cc(-c2ccccc2Br)c1C(=O)c1cccc(Br)c1. The minimum atomic E-state index is -0.586. The molecule has 4 nitrogen and oxygen atoms in total. The molecule has 1 aromatic heterocycles. The Balaban J connectivity index is 2.22. The molecule has 0 saturated carbocycles. The standard InChI is InChI=1S/C19H13Br2NO3/c1-25-19(24)17-16(18(23)11-5-4-6-12(20)9-11)14(10-22-17)13-7-2-3-8-15(13)21/h2-10,22H,1H3. The summed E-state index contributed by atoms with van der Waals surface area (Å²) in [6.45, 7) is 0. The molecule has 0 amide bonds. The van der Waals surface area contributed by atoms with Crippen molar-refractivity contribution in [1.82, 2.24) is 4.98 Å². The van der Waals surface area contributed by atoms with Gasteiger partial charge < -0.3 is 9.72 Å². The lowest BCUT2D eigenvalue weighted by molar-refractivity contribution is 0.0591. The summed E-state index contributed by atoms with van der Waals surface area (Å²) in [5, 5.41) is 0. The third kappa shape index (κ3) is 3.45. The third-order valence-corrected chi connectivity index (χ3v) is 4.93. The minimum absolute atomic E-state index is 0.137. The molecule has 3 aromatic rings. The number of H-pyrrole nitrogens is 1. The Hall–Kier alpha value is -2.18. The van der Waals surface area contributed by atoms with Crippen molar-refractivity contribution in [3.05, 3.63) is 80.5 Å². The van der Waals surface area contributed by atoms with Crippen LogP contribution in [0.4, 0.5) is 0 Å². The normalized spacial score (nSPS) is 10.5. The van der Waals surface area contributed by atoms with Crippen molar-refractivity contribution < 1.29 is 14.3 Å². The van der Waals surface area contributed by atoms with Gasteiger partial charge in [0.05, 0.1) is 12.7 Å². The smallest absolute Gasteiger partial charge is 0.355 e. The number of carbonyl (C=O) groups is 2. The number of aromatic amines is 1. The number of methoxy groups -OCH3 is 1. The lowest BCUT2D eigenvalue weighted by Gasteiger charge is -2.08. The van der Waals surface area contributed by atoms with E-state index < -0.39 is 5.97 Å². The Kier molecular flexibility index (Phi) is 5.20. The molecule has 25 heavy (non-hydrogen) atoms. The summed E-state index contributed by atoms with van der Waals surface area (Å²) in [5.74, 6) is -0.842. The molecule has 2 aromatic carbocycles. The molecule has 0 saturated heterocycles. The van der Waals surface area contributed by atoms with Gasteiger partial charge in [0.2, 0.25) is 0 Å². The van der Waals surface area contributed by atoms with Crippen molar-refractivity contribution in [3.63, 3.8) is 0 Å². The van der Waals surface area contributed by atoms with E-state index in [9.17, 15) is 9.59 Å². The maximum Gasteiger partial charge on any atom is 0.355 e. The summed E-state index contributed by atoms with van der Waals surface area (Å²) in [6, 6.07) is 14.6. The second-order valence-corrected chi connectivity index (χ2v) is 7.03. The first kappa shape index (κ1) is 17.6.